The van der Waals surface area contributed by atoms with Crippen LogP contribution >= 0.6 is 0 Å². The Labute approximate surface area is 257 Å². The third-order valence-corrected chi connectivity index (χ3v) is 8.27. The lowest BCUT2D eigenvalue weighted by Crippen LogP contribution is -2.54. The molecule has 5 rings (SSSR count). The zero-order valence-electron chi connectivity index (χ0n) is 25.1. The number of β-amino-alcohol motifs (C(OH)–C–C–N with tert-alkyl or cyclic N) is 1. The van der Waals surface area contributed by atoms with Crippen molar-refractivity contribution in [1.82, 2.24) is 19.8 Å². The maximum Gasteiger partial charge on any atom is 0.339 e. The molecular weight excluding hydrogens is 564 g/mol. The van der Waals surface area contributed by atoms with E-state index in [-0.39, 0.29) is 55.1 Å². The number of likely N-dealkylation sites (tertiary alicyclic amines) is 1. The summed E-state index contributed by atoms with van der Waals surface area (Å²) in [5.74, 6) is 0.161. The number of methoxy groups -OCH3 is 2. The molecule has 0 aromatic heterocycles. The van der Waals surface area contributed by atoms with E-state index in [4.69, 9.17) is 9.47 Å². The van der Waals surface area contributed by atoms with Gasteiger partial charge in [-0.15, -0.1) is 0 Å². The van der Waals surface area contributed by atoms with Crippen molar-refractivity contribution in [3.8, 4) is 23.0 Å². The molecule has 0 unspecified atom stereocenters. The molecule has 2 aliphatic heterocycles. The van der Waals surface area contributed by atoms with Crippen LogP contribution in [-0.4, -0.2) is 99.6 Å². The summed E-state index contributed by atoms with van der Waals surface area (Å²) in [4.78, 5) is 32.2. The van der Waals surface area contributed by atoms with Crippen molar-refractivity contribution >= 4 is 11.9 Å². The van der Waals surface area contributed by atoms with Gasteiger partial charge in [0.2, 0.25) is 0 Å². The maximum atomic E-state index is 14.7. The molecule has 0 spiro atoms. The van der Waals surface area contributed by atoms with Gasteiger partial charge in [-0.05, 0) is 73.3 Å². The number of hydrazine groups is 1. The Morgan fingerprint density at radius 2 is 1.43 bits per heavy atom. The molecular formula is C33H40N4O7. The number of hydrogen-bond acceptors (Lipinski definition) is 8. The van der Waals surface area contributed by atoms with Gasteiger partial charge in [0.25, 0.3) is 5.91 Å². The molecule has 0 saturated carbocycles. The minimum absolute atomic E-state index is 0.00138. The van der Waals surface area contributed by atoms with Crippen molar-refractivity contribution in [2.75, 3.05) is 40.4 Å². The number of aromatic hydroxyl groups is 2. The number of carbonyl (C=O) groups excluding carboxylic acids is 2. The van der Waals surface area contributed by atoms with Gasteiger partial charge in [0.15, 0.2) is 23.0 Å². The van der Waals surface area contributed by atoms with Gasteiger partial charge in [-0.2, -0.15) is 0 Å². The number of hydrogen-bond donors (Lipinski definition) is 3. The smallest absolute Gasteiger partial charge is 0.339 e. The monoisotopic (exact) mass is 604 g/mol. The summed E-state index contributed by atoms with van der Waals surface area (Å²) in [6, 6.07) is 18.1. The van der Waals surface area contributed by atoms with Gasteiger partial charge < -0.3 is 29.7 Å². The van der Waals surface area contributed by atoms with Gasteiger partial charge >= 0.3 is 6.03 Å². The Morgan fingerprint density at radius 1 is 0.841 bits per heavy atom. The predicted molar refractivity (Wildman–Crippen MR) is 163 cm³/mol. The van der Waals surface area contributed by atoms with E-state index >= 15 is 0 Å². The SMILES string of the molecule is COc1cc(CN2C(=O)N(Cc3ccc(O)c(OC)c3)N(C(=O)CN3CCCC3)C[C@@H](O)[C@H]2Cc2ccccc2)ccc1O. The molecule has 3 N–H and O–H groups in total. The molecule has 2 heterocycles. The number of phenolic OH excluding ortho intramolecular Hbond substituents is 2. The second kappa shape index (κ2) is 13.9. The Kier molecular flexibility index (Phi) is 9.76. The number of aliphatic hydroxyl groups excluding tert-OH is 1. The lowest BCUT2D eigenvalue weighted by molar-refractivity contribution is -0.148. The van der Waals surface area contributed by atoms with Crippen molar-refractivity contribution in [3.63, 3.8) is 0 Å². The number of carbonyl (C=O) groups is 2. The number of nitrogens with zero attached hydrogens (tertiary/aromatic N) is 4. The van der Waals surface area contributed by atoms with Crippen molar-refractivity contribution in [3.05, 3.63) is 83.4 Å². The highest BCUT2D eigenvalue weighted by Gasteiger charge is 2.42. The fourth-order valence-corrected chi connectivity index (χ4v) is 5.90. The summed E-state index contributed by atoms with van der Waals surface area (Å²) >= 11 is 0. The minimum Gasteiger partial charge on any atom is -0.504 e. The van der Waals surface area contributed by atoms with Crippen LogP contribution in [0.25, 0.3) is 0 Å². The first-order valence-corrected chi connectivity index (χ1v) is 14.8. The number of amides is 3. The van der Waals surface area contributed by atoms with E-state index < -0.39 is 18.2 Å². The largest absolute Gasteiger partial charge is 0.504 e. The number of ether oxygens (including phenoxy) is 2. The minimum atomic E-state index is -1.07. The van der Waals surface area contributed by atoms with Crippen LogP contribution in [-0.2, 0) is 24.3 Å². The van der Waals surface area contributed by atoms with E-state index in [1.54, 1.807) is 29.2 Å². The van der Waals surface area contributed by atoms with Gasteiger partial charge in [0.1, 0.15) is 0 Å². The van der Waals surface area contributed by atoms with Gasteiger partial charge in [0, 0.05) is 6.54 Å². The van der Waals surface area contributed by atoms with Crippen molar-refractivity contribution in [2.24, 2.45) is 0 Å². The lowest BCUT2D eigenvalue weighted by atomic mass is 9.99. The molecule has 0 aliphatic carbocycles. The topological polar surface area (TPSA) is 126 Å². The second-order valence-electron chi connectivity index (χ2n) is 11.3. The number of urea groups is 1. The highest BCUT2D eigenvalue weighted by molar-refractivity contribution is 5.83. The zero-order chi connectivity index (χ0) is 31.2. The van der Waals surface area contributed by atoms with Crippen LogP contribution in [0.2, 0.25) is 0 Å². The van der Waals surface area contributed by atoms with E-state index in [1.165, 1.54) is 36.4 Å². The molecule has 0 radical (unpaired) electrons. The molecule has 0 bridgehead atoms. The highest BCUT2D eigenvalue weighted by Crippen LogP contribution is 2.31. The zero-order valence-corrected chi connectivity index (χ0v) is 25.1. The first-order chi connectivity index (χ1) is 21.3. The van der Waals surface area contributed by atoms with Crippen molar-refractivity contribution in [2.45, 2.75) is 44.5 Å². The molecule has 2 saturated heterocycles. The summed E-state index contributed by atoms with van der Waals surface area (Å²) in [6.07, 6.45) is 1.31. The van der Waals surface area contributed by atoms with Crippen LogP contribution in [0.5, 0.6) is 23.0 Å². The number of benzene rings is 3. The van der Waals surface area contributed by atoms with Crippen LogP contribution in [0.3, 0.4) is 0 Å². The molecule has 2 fully saturated rings. The fourth-order valence-electron chi connectivity index (χ4n) is 5.90. The van der Waals surface area contributed by atoms with E-state index in [1.807, 2.05) is 30.3 Å². The molecule has 44 heavy (non-hydrogen) atoms. The van der Waals surface area contributed by atoms with Crippen molar-refractivity contribution in [1.29, 1.82) is 0 Å². The van der Waals surface area contributed by atoms with E-state index in [9.17, 15) is 24.9 Å². The summed E-state index contributed by atoms with van der Waals surface area (Å²) in [6.45, 7) is 1.75. The number of rotatable bonds is 10. The third-order valence-electron chi connectivity index (χ3n) is 8.27. The third kappa shape index (κ3) is 7.00. The molecule has 2 atom stereocenters. The van der Waals surface area contributed by atoms with E-state index in [0.29, 0.717) is 17.5 Å². The fraction of sp³-hybridized carbons (Fsp3) is 0.394. The summed E-state index contributed by atoms with van der Waals surface area (Å²) in [7, 11) is 2.90. The Balaban J connectivity index is 1.55. The summed E-state index contributed by atoms with van der Waals surface area (Å²) in [5, 5.41) is 34.9. The molecule has 3 aromatic rings. The second-order valence-corrected chi connectivity index (χ2v) is 11.3. The Morgan fingerprint density at radius 3 is 2.02 bits per heavy atom. The van der Waals surface area contributed by atoms with Gasteiger partial charge in [0.05, 0.1) is 46.0 Å². The number of phenols is 2. The first-order valence-electron chi connectivity index (χ1n) is 14.8. The molecule has 11 nitrogen and oxygen atoms in total. The molecule has 11 heteroatoms. The Hall–Kier alpha value is -4.48. The average molecular weight is 605 g/mol. The average Bonchev–Trinajstić information content (AvgIpc) is 3.52. The maximum absolute atomic E-state index is 14.7. The lowest BCUT2D eigenvalue weighted by Gasteiger charge is -2.36. The van der Waals surface area contributed by atoms with Gasteiger partial charge in [-0.1, -0.05) is 42.5 Å². The standard InChI is InChI=1S/C33H40N4O7/c1-43-30-17-24(10-12-27(30)38)19-35-26(16-23-8-4-3-5-9-23)29(40)21-36(32(41)22-34-14-6-7-15-34)37(33(35)42)20-25-11-13-28(39)31(18-25)44-2/h3-5,8-13,17-18,26,29,38-40H,6-7,14-16,19-22H2,1-2H3/t26-,29-/m1/s1. The molecule has 3 amide bonds. The Bertz CT molecular complexity index is 1450. The highest BCUT2D eigenvalue weighted by atomic mass is 16.5. The molecule has 2 aliphatic rings. The van der Waals surface area contributed by atoms with Crippen LogP contribution in [0, 0.1) is 0 Å². The van der Waals surface area contributed by atoms with Gasteiger partial charge in [-0.3, -0.25) is 9.69 Å². The normalized spacial score (nSPS) is 19.2. The van der Waals surface area contributed by atoms with E-state index in [0.717, 1.165) is 31.5 Å². The van der Waals surface area contributed by atoms with E-state index in [2.05, 4.69) is 4.90 Å². The van der Waals surface area contributed by atoms with Gasteiger partial charge in [-0.25, -0.2) is 14.8 Å². The van der Waals surface area contributed by atoms with Crippen molar-refractivity contribution < 1.29 is 34.4 Å². The van der Waals surface area contributed by atoms with Crippen LogP contribution in [0.15, 0.2) is 66.7 Å². The van der Waals surface area contributed by atoms with Crippen LogP contribution in [0.4, 0.5) is 4.79 Å². The predicted octanol–water partition coefficient (Wildman–Crippen LogP) is 3.36. The number of aliphatic hydroxyl groups is 1. The molecule has 3 aromatic carbocycles. The summed E-state index contributed by atoms with van der Waals surface area (Å²) in [5.41, 5.74) is 2.25. The summed E-state index contributed by atoms with van der Waals surface area (Å²) < 4.78 is 10.6. The first kappa shape index (κ1) is 31.0. The van der Waals surface area contributed by atoms with Crippen LogP contribution in [0.1, 0.15) is 29.5 Å². The molecule has 234 valence electrons. The van der Waals surface area contributed by atoms with Crippen LogP contribution < -0.4 is 9.47 Å². The quantitative estimate of drug-likeness (QED) is 0.322.